The molecular formula is C17H10F4N4O. The van der Waals surface area contributed by atoms with Crippen LogP contribution in [0.5, 0.6) is 0 Å². The maximum atomic E-state index is 13.7. The molecule has 0 saturated heterocycles. The summed E-state index contributed by atoms with van der Waals surface area (Å²) in [7, 11) is 0. The number of carbonyl (C=O) groups is 1. The van der Waals surface area contributed by atoms with E-state index in [1.54, 1.807) is 0 Å². The van der Waals surface area contributed by atoms with E-state index in [0.717, 1.165) is 42.7 Å². The molecule has 0 radical (unpaired) electrons. The van der Waals surface area contributed by atoms with Crippen LogP contribution < -0.4 is 10.6 Å². The molecule has 0 aliphatic carbocycles. The van der Waals surface area contributed by atoms with Gasteiger partial charge in [-0.1, -0.05) is 12.1 Å². The first-order valence-electron chi connectivity index (χ1n) is 7.24. The van der Waals surface area contributed by atoms with Crippen LogP contribution in [-0.2, 0) is 0 Å². The van der Waals surface area contributed by atoms with Gasteiger partial charge in [0.2, 0.25) is 0 Å². The van der Waals surface area contributed by atoms with Gasteiger partial charge >= 0.3 is 0 Å². The number of rotatable bonds is 4. The second-order valence-corrected chi connectivity index (χ2v) is 5.06. The highest BCUT2D eigenvalue weighted by Crippen LogP contribution is 2.23. The van der Waals surface area contributed by atoms with Crippen LogP contribution in [-0.4, -0.2) is 15.9 Å². The molecule has 0 unspecified atom stereocenters. The number of hydrogen-bond donors (Lipinski definition) is 2. The third-order valence-corrected chi connectivity index (χ3v) is 3.32. The molecule has 1 heterocycles. The van der Waals surface area contributed by atoms with Crippen molar-refractivity contribution in [2.45, 2.75) is 0 Å². The van der Waals surface area contributed by atoms with Crippen molar-refractivity contribution in [2.75, 3.05) is 10.6 Å². The molecule has 26 heavy (non-hydrogen) atoms. The Balaban J connectivity index is 1.84. The van der Waals surface area contributed by atoms with Gasteiger partial charge in [0.25, 0.3) is 5.91 Å². The van der Waals surface area contributed by atoms with Crippen molar-refractivity contribution in [3.8, 4) is 0 Å². The fourth-order valence-corrected chi connectivity index (χ4v) is 2.09. The summed E-state index contributed by atoms with van der Waals surface area (Å²) in [6, 6.07) is 7.47. The summed E-state index contributed by atoms with van der Waals surface area (Å²) in [6.45, 7) is 0. The predicted octanol–water partition coefficient (Wildman–Crippen LogP) is 4.03. The summed E-state index contributed by atoms with van der Waals surface area (Å²) in [6.07, 6.45) is 0.966. The van der Waals surface area contributed by atoms with E-state index in [2.05, 4.69) is 20.6 Å². The zero-order chi connectivity index (χ0) is 18.7. The summed E-state index contributed by atoms with van der Waals surface area (Å²) in [4.78, 5) is 19.6. The van der Waals surface area contributed by atoms with Crippen LogP contribution in [0, 0.1) is 23.3 Å². The van der Waals surface area contributed by atoms with Crippen LogP contribution in [0.25, 0.3) is 0 Å². The van der Waals surface area contributed by atoms with E-state index in [1.807, 2.05) is 0 Å². The Morgan fingerprint density at radius 1 is 0.808 bits per heavy atom. The maximum absolute atomic E-state index is 13.7. The average Bonchev–Trinajstić information content (AvgIpc) is 2.62. The molecule has 3 aromatic rings. The molecule has 0 bridgehead atoms. The maximum Gasteiger partial charge on any atom is 0.274 e. The lowest BCUT2D eigenvalue weighted by Gasteiger charge is -2.10. The highest BCUT2D eigenvalue weighted by Gasteiger charge is 2.16. The number of nitrogens with zero attached hydrogens (tertiary/aromatic N) is 2. The zero-order valence-corrected chi connectivity index (χ0v) is 12.9. The van der Waals surface area contributed by atoms with Crippen LogP contribution in [0.1, 0.15) is 10.5 Å². The van der Waals surface area contributed by atoms with E-state index >= 15 is 0 Å². The minimum absolute atomic E-state index is 0.0804. The third kappa shape index (κ3) is 3.61. The lowest BCUT2D eigenvalue weighted by atomic mass is 10.2. The first-order chi connectivity index (χ1) is 12.5. The number of benzene rings is 2. The van der Waals surface area contributed by atoms with Crippen molar-refractivity contribution in [1.82, 2.24) is 9.97 Å². The Morgan fingerprint density at radius 3 is 1.92 bits per heavy atom. The monoisotopic (exact) mass is 362 g/mol. The van der Waals surface area contributed by atoms with E-state index in [-0.39, 0.29) is 11.5 Å². The molecule has 1 aromatic heterocycles. The SMILES string of the molecule is O=C(Nc1c(F)cccc1F)c1cc(Nc2c(F)cccc2F)ncn1. The Hall–Kier alpha value is -3.49. The highest BCUT2D eigenvalue weighted by molar-refractivity contribution is 6.03. The minimum Gasteiger partial charge on any atom is -0.335 e. The largest absolute Gasteiger partial charge is 0.335 e. The molecule has 0 aliphatic heterocycles. The van der Waals surface area contributed by atoms with E-state index in [4.69, 9.17) is 0 Å². The number of hydrogen-bond acceptors (Lipinski definition) is 4. The number of para-hydroxylation sites is 2. The van der Waals surface area contributed by atoms with E-state index < -0.39 is 40.6 Å². The molecule has 0 saturated carbocycles. The van der Waals surface area contributed by atoms with Gasteiger partial charge < -0.3 is 10.6 Å². The fourth-order valence-electron chi connectivity index (χ4n) is 2.09. The van der Waals surface area contributed by atoms with E-state index in [9.17, 15) is 22.4 Å². The first-order valence-corrected chi connectivity index (χ1v) is 7.24. The van der Waals surface area contributed by atoms with E-state index in [1.165, 1.54) is 6.07 Å². The van der Waals surface area contributed by atoms with Crippen molar-refractivity contribution >= 4 is 23.1 Å². The summed E-state index contributed by atoms with van der Waals surface area (Å²) in [5.74, 6) is -4.64. The third-order valence-electron chi connectivity index (χ3n) is 3.32. The van der Waals surface area contributed by atoms with Gasteiger partial charge in [-0.2, -0.15) is 0 Å². The number of halogens is 4. The van der Waals surface area contributed by atoms with Crippen LogP contribution >= 0.6 is 0 Å². The minimum atomic E-state index is -0.959. The van der Waals surface area contributed by atoms with Crippen molar-refractivity contribution < 1.29 is 22.4 Å². The molecule has 0 aliphatic rings. The number of nitrogens with one attached hydrogen (secondary N) is 2. The molecule has 132 valence electrons. The Labute approximate surface area is 144 Å². The van der Waals surface area contributed by atoms with Crippen LogP contribution in [0.3, 0.4) is 0 Å². The van der Waals surface area contributed by atoms with Gasteiger partial charge in [-0.25, -0.2) is 27.5 Å². The smallest absolute Gasteiger partial charge is 0.274 e. The van der Waals surface area contributed by atoms with Crippen molar-refractivity contribution in [2.24, 2.45) is 0 Å². The van der Waals surface area contributed by atoms with Gasteiger partial charge in [0, 0.05) is 6.07 Å². The lowest BCUT2D eigenvalue weighted by molar-refractivity contribution is 0.102. The second-order valence-electron chi connectivity index (χ2n) is 5.06. The van der Waals surface area contributed by atoms with Crippen LogP contribution in [0.2, 0.25) is 0 Å². The molecule has 2 N–H and O–H groups in total. The number of amides is 1. The van der Waals surface area contributed by atoms with E-state index in [0.29, 0.717) is 0 Å². The Bertz CT molecular complexity index is 940. The second kappa shape index (κ2) is 7.18. The summed E-state index contributed by atoms with van der Waals surface area (Å²) in [5, 5.41) is 4.45. The molecule has 3 rings (SSSR count). The van der Waals surface area contributed by atoms with Gasteiger partial charge in [0.15, 0.2) is 0 Å². The zero-order valence-electron chi connectivity index (χ0n) is 12.9. The Morgan fingerprint density at radius 2 is 1.35 bits per heavy atom. The van der Waals surface area contributed by atoms with Crippen molar-refractivity contribution in [3.05, 3.63) is 77.8 Å². The average molecular weight is 362 g/mol. The van der Waals surface area contributed by atoms with Gasteiger partial charge in [0.05, 0.1) is 0 Å². The highest BCUT2D eigenvalue weighted by atomic mass is 19.1. The molecule has 1 amide bonds. The van der Waals surface area contributed by atoms with Crippen molar-refractivity contribution in [1.29, 1.82) is 0 Å². The number of aromatic nitrogens is 2. The van der Waals surface area contributed by atoms with Crippen LogP contribution in [0.4, 0.5) is 34.8 Å². The first kappa shape index (κ1) is 17.3. The lowest BCUT2D eigenvalue weighted by Crippen LogP contribution is -2.16. The normalized spacial score (nSPS) is 10.5. The standard InChI is InChI=1S/C17H10F4N4O/c18-9-3-1-4-10(19)15(9)24-14-7-13(22-8-23-14)17(26)25-16-11(20)5-2-6-12(16)21/h1-8H,(H,25,26)(H,22,23,24). The molecule has 0 atom stereocenters. The number of anilines is 3. The summed E-state index contributed by atoms with van der Waals surface area (Å²) in [5.41, 5.74) is -1.36. The molecule has 9 heteroatoms. The fraction of sp³-hybridized carbons (Fsp3) is 0. The van der Waals surface area contributed by atoms with Gasteiger partial charge in [0.1, 0.15) is 52.5 Å². The molecule has 2 aromatic carbocycles. The topological polar surface area (TPSA) is 66.9 Å². The molecule has 0 fully saturated rings. The van der Waals surface area contributed by atoms with Gasteiger partial charge in [-0.15, -0.1) is 0 Å². The predicted molar refractivity (Wildman–Crippen MR) is 86.0 cm³/mol. The van der Waals surface area contributed by atoms with Gasteiger partial charge in [-0.3, -0.25) is 4.79 Å². The molecule has 0 spiro atoms. The van der Waals surface area contributed by atoms with Crippen molar-refractivity contribution in [3.63, 3.8) is 0 Å². The molecule has 5 nitrogen and oxygen atoms in total. The summed E-state index contributed by atoms with van der Waals surface area (Å²) >= 11 is 0. The van der Waals surface area contributed by atoms with Crippen LogP contribution in [0.15, 0.2) is 48.8 Å². The molecular weight excluding hydrogens is 352 g/mol. The summed E-state index contributed by atoms with van der Waals surface area (Å²) < 4.78 is 54.5. The Kier molecular flexibility index (Phi) is 4.78. The van der Waals surface area contributed by atoms with Gasteiger partial charge in [-0.05, 0) is 24.3 Å². The quantitative estimate of drug-likeness (QED) is 0.688. The number of carbonyl (C=O) groups excluding carboxylic acids is 1.